The summed E-state index contributed by atoms with van der Waals surface area (Å²) in [4.78, 5) is 0. The lowest BCUT2D eigenvalue weighted by molar-refractivity contribution is 1.01. The number of anilines is 2. The summed E-state index contributed by atoms with van der Waals surface area (Å²) in [7, 11) is -0.462. The molecule has 0 spiro atoms. The van der Waals surface area contributed by atoms with Crippen LogP contribution in [0.25, 0.3) is 0 Å². The topological polar surface area (TPSA) is 24.1 Å². The van der Waals surface area contributed by atoms with Crippen LogP contribution in [0, 0.1) is 0 Å². The molecule has 1 aromatic rings. The van der Waals surface area contributed by atoms with Crippen LogP contribution in [0.3, 0.4) is 0 Å². The molecule has 132 valence electrons. The molecule has 2 N–H and O–H groups in total. The minimum atomic E-state index is -0.231. The van der Waals surface area contributed by atoms with Crippen LogP contribution in [0.2, 0.25) is 0 Å². The van der Waals surface area contributed by atoms with Crippen molar-refractivity contribution in [1.29, 1.82) is 0 Å². The van der Waals surface area contributed by atoms with Crippen molar-refractivity contribution < 1.29 is 0 Å². The van der Waals surface area contributed by atoms with Gasteiger partial charge in [-0.25, -0.2) is 0 Å². The minimum absolute atomic E-state index is 0.231. The van der Waals surface area contributed by atoms with E-state index in [0.717, 1.165) is 0 Å². The summed E-state index contributed by atoms with van der Waals surface area (Å²) >= 11 is 3.83. The fraction of sp³-hybridized carbons (Fsp3) is 0.667. The molecule has 2 nitrogen and oxygen atoms in total. The summed E-state index contributed by atoms with van der Waals surface area (Å²) in [5, 5.41) is 7.61. The van der Waals surface area contributed by atoms with E-state index in [-0.39, 0.29) is 16.1 Å². The highest BCUT2D eigenvalue weighted by molar-refractivity contribution is 9.10. The van der Waals surface area contributed by atoms with Gasteiger partial charge in [-0.2, -0.15) is 0 Å². The first kappa shape index (κ1) is 21.2. The summed E-state index contributed by atoms with van der Waals surface area (Å²) in [5.74, 6) is 0. The van der Waals surface area contributed by atoms with E-state index < -0.39 is 0 Å². The lowest BCUT2D eigenvalue weighted by atomic mass is 10.3. The first-order valence-electron chi connectivity index (χ1n) is 8.53. The van der Waals surface area contributed by atoms with Gasteiger partial charge in [0.2, 0.25) is 0 Å². The van der Waals surface area contributed by atoms with E-state index in [4.69, 9.17) is 0 Å². The summed E-state index contributed by atoms with van der Waals surface area (Å²) in [6.45, 7) is 18.5. The second-order valence-electron chi connectivity index (χ2n) is 7.08. The van der Waals surface area contributed by atoms with E-state index in [2.05, 4.69) is 99.7 Å². The van der Waals surface area contributed by atoms with Gasteiger partial charge in [0.1, 0.15) is 0 Å². The molecule has 1 aromatic carbocycles. The summed E-state index contributed by atoms with van der Waals surface area (Å²) in [6.07, 6.45) is 0. The molecule has 0 aliphatic rings. The largest absolute Gasteiger partial charge is 0.363 e. The number of hydrogen-bond donors (Lipinski definition) is 2. The number of benzene rings is 1. The maximum absolute atomic E-state index is 3.83. The van der Waals surface area contributed by atoms with Gasteiger partial charge in [-0.15, -0.1) is 0 Å². The van der Waals surface area contributed by atoms with Crippen LogP contribution < -0.4 is 10.2 Å². The van der Waals surface area contributed by atoms with Crippen molar-refractivity contribution in [2.45, 2.75) is 78.0 Å². The number of halogens is 1. The van der Waals surface area contributed by atoms with Crippen LogP contribution in [-0.4, -0.2) is 22.6 Å². The molecule has 23 heavy (non-hydrogen) atoms. The molecule has 0 bridgehead atoms. The Morgan fingerprint density at radius 2 is 1.00 bits per heavy atom. The third-order valence-electron chi connectivity index (χ3n) is 3.72. The van der Waals surface area contributed by atoms with Crippen LogP contribution in [0.15, 0.2) is 22.7 Å². The van der Waals surface area contributed by atoms with E-state index in [1.165, 1.54) is 15.8 Å². The highest BCUT2D eigenvalue weighted by Gasteiger charge is 2.21. The summed E-state index contributed by atoms with van der Waals surface area (Å²) < 4.78 is 1.17. The van der Waals surface area contributed by atoms with Crippen molar-refractivity contribution in [3.8, 4) is 0 Å². The van der Waals surface area contributed by atoms with Gasteiger partial charge in [-0.1, -0.05) is 61.5 Å². The average Bonchev–Trinajstić information content (AvgIpc) is 2.43. The first-order chi connectivity index (χ1) is 10.6. The van der Waals surface area contributed by atoms with E-state index in [1.54, 1.807) is 0 Å². The van der Waals surface area contributed by atoms with Crippen molar-refractivity contribution in [3.05, 3.63) is 22.7 Å². The molecule has 0 radical (unpaired) electrons. The SMILES string of the molecule is CC(C)P(Nc1cccc(NP(C(C)C)C(C)C)c1Br)C(C)C. The molecule has 0 unspecified atom stereocenters. The quantitative estimate of drug-likeness (QED) is 0.422. The molecule has 0 aliphatic carbocycles. The van der Waals surface area contributed by atoms with Crippen molar-refractivity contribution in [2.75, 3.05) is 10.2 Å². The maximum atomic E-state index is 3.83. The zero-order chi connectivity index (χ0) is 17.7. The zero-order valence-corrected chi connectivity index (χ0v) is 19.2. The predicted octanol–water partition coefficient (Wildman–Crippen LogP) is 7.70. The van der Waals surface area contributed by atoms with Crippen LogP contribution >= 0.6 is 32.1 Å². The Morgan fingerprint density at radius 3 is 1.26 bits per heavy atom. The minimum Gasteiger partial charge on any atom is -0.363 e. The number of nitrogens with one attached hydrogen (secondary N) is 2. The Morgan fingerprint density at radius 1 is 0.696 bits per heavy atom. The Labute approximate surface area is 154 Å². The standard InChI is InChI=1S/C18H33BrN2P2/c1-12(2)22(13(3)4)20-16-10-9-11-17(18(16)19)21-23(14(5)6)15(7)8/h9-15,20-21H,1-8H3. The third kappa shape index (κ3) is 6.18. The summed E-state index contributed by atoms with van der Waals surface area (Å²) in [6, 6.07) is 6.52. The molecule has 5 heteroatoms. The molecule has 1 rings (SSSR count). The molecule has 0 heterocycles. The molecule has 0 saturated carbocycles. The van der Waals surface area contributed by atoms with Gasteiger partial charge < -0.3 is 10.2 Å². The molecule has 0 aliphatic heterocycles. The lowest BCUT2D eigenvalue weighted by Gasteiger charge is -2.30. The normalized spacial score (nSPS) is 12.3. The Balaban J connectivity index is 3.02. The lowest BCUT2D eigenvalue weighted by Crippen LogP contribution is -2.12. The monoisotopic (exact) mass is 418 g/mol. The fourth-order valence-corrected chi connectivity index (χ4v) is 7.81. The van der Waals surface area contributed by atoms with E-state index >= 15 is 0 Å². The van der Waals surface area contributed by atoms with Gasteiger partial charge in [0.05, 0.1) is 15.8 Å². The Kier molecular flexibility index (Phi) is 8.84. The van der Waals surface area contributed by atoms with Crippen LogP contribution in [0.1, 0.15) is 55.4 Å². The number of hydrogen-bond acceptors (Lipinski definition) is 2. The Bertz CT molecular complexity index is 434. The third-order valence-corrected chi connectivity index (χ3v) is 10.0. The van der Waals surface area contributed by atoms with E-state index in [1.807, 2.05) is 0 Å². The highest BCUT2D eigenvalue weighted by Crippen LogP contribution is 2.50. The van der Waals surface area contributed by atoms with Crippen molar-refractivity contribution in [3.63, 3.8) is 0 Å². The first-order valence-corrected chi connectivity index (χ1v) is 12.3. The molecule has 0 atom stereocenters. The van der Waals surface area contributed by atoms with Gasteiger partial charge in [-0.05, 0) is 66.8 Å². The van der Waals surface area contributed by atoms with E-state index in [9.17, 15) is 0 Å². The van der Waals surface area contributed by atoms with Crippen LogP contribution in [0.5, 0.6) is 0 Å². The fourth-order valence-electron chi connectivity index (χ4n) is 2.69. The van der Waals surface area contributed by atoms with Gasteiger partial charge in [0.15, 0.2) is 0 Å². The Hall–Kier alpha value is 0.160. The van der Waals surface area contributed by atoms with Gasteiger partial charge in [0.25, 0.3) is 0 Å². The van der Waals surface area contributed by atoms with Crippen molar-refractivity contribution in [1.82, 2.24) is 0 Å². The number of rotatable bonds is 8. The molecular weight excluding hydrogens is 386 g/mol. The highest BCUT2D eigenvalue weighted by atomic mass is 79.9. The predicted molar refractivity (Wildman–Crippen MR) is 116 cm³/mol. The molecule has 0 fully saturated rings. The van der Waals surface area contributed by atoms with Gasteiger partial charge in [0, 0.05) is 0 Å². The van der Waals surface area contributed by atoms with Crippen LogP contribution in [0.4, 0.5) is 11.4 Å². The second-order valence-corrected chi connectivity index (χ2v) is 14.1. The van der Waals surface area contributed by atoms with E-state index in [0.29, 0.717) is 22.6 Å². The molecule has 0 amide bonds. The second kappa shape index (κ2) is 9.59. The van der Waals surface area contributed by atoms with Crippen molar-refractivity contribution in [2.24, 2.45) is 0 Å². The van der Waals surface area contributed by atoms with Crippen LogP contribution in [-0.2, 0) is 0 Å². The van der Waals surface area contributed by atoms with Crippen molar-refractivity contribution >= 4 is 43.4 Å². The molecule has 0 aromatic heterocycles. The maximum Gasteiger partial charge on any atom is 0.0643 e. The zero-order valence-electron chi connectivity index (χ0n) is 15.8. The van der Waals surface area contributed by atoms with Gasteiger partial charge >= 0.3 is 0 Å². The molecular formula is C18H33BrN2P2. The average molecular weight is 419 g/mol. The summed E-state index contributed by atoms with van der Waals surface area (Å²) in [5.41, 5.74) is 5.08. The molecule has 0 saturated heterocycles. The van der Waals surface area contributed by atoms with Gasteiger partial charge in [-0.3, -0.25) is 0 Å². The smallest absolute Gasteiger partial charge is 0.0643 e.